The van der Waals surface area contributed by atoms with E-state index in [1.807, 2.05) is 0 Å². The number of piperidine rings is 1. The Kier molecular flexibility index (Phi) is 8.01. The average Bonchev–Trinajstić information content (AvgIpc) is 2.47. The molecule has 0 atom stereocenters. The first-order valence-corrected chi connectivity index (χ1v) is 8.62. The largest absolute Gasteiger partial charge is 0.316 e. The van der Waals surface area contributed by atoms with Gasteiger partial charge in [-0.3, -0.25) is 0 Å². The predicted molar refractivity (Wildman–Crippen MR) is 85.6 cm³/mol. The van der Waals surface area contributed by atoms with Crippen molar-refractivity contribution in [2.24, 2.45) is 11.3 Å². The number of nitrogens with one attached hydrogen (secondary N) is 1. The summed E-state index contributed by atoms with van der Waals surface area (Å²) in [6, 6.07) is 0. The maximum absolute atomic E-state index is 3.66. The molecular weight excluding hydrogens is 232 g/mol. The van der Waals surface area contributed by atoms with Crippen molar-refractivity contribution in [2.45, 2.75) is 66.2 Å². The fourth-order valence-corrected chi connectivity index (χ4v) is 3.34. The van der Waals surface area contributed by atoms with Crippen LogP contribution in [0.4, 0.5) is 0 Å². The number of rotatable bonds is 9. The smallest absolute Gasteiger partial charge is 0.00499 e. The first-order valence-electron chi connectivity index (χ1n) is 8.62. The zero-order chi connectivity index (χ0) is 14.1. The molecule has 0 amide bonds. The second-order valence-electron chi connectivity index (χ2n) is 6.51. The average molecular weight is 268 g/mol. The van der Waals surface area contributed by atoms with Crippen LogP contribution in [0.3, 0.4) is 0 Å². The van der Waals surface area contributed by atoms with Gasteiger partial charge in [-0.25, -0.2) is 0 Å². The van der Waals surface area contributed by atoms with E-state index in [1.54, 1.807) is 0 Å². The molecule has 0 bridgehead atoms. The minimum absolute atomic E-state index is 0.494. The lowest BCUT2D eigenvalue weighted by Crippen LogP contribution is -2.46. The lowest BCUT2D eigenvalue weighted by Gasteiger charge is -2.40. The Hall–Kier alpha value is -0.0800. The number of likely N-dealkylation sites (tertiary alicyclic amines) is 1. The predicted octanol–water partition coefficient (Wildman–Crippen LogP) is 3.91. The summed E-state index contributed by atoms with van der Waals surface area (Å²) in [4.78, 5) is 2.73. The van der Waals surface area contributed by atoms with Gasteiger partial charge in [0.25, 0.3) is 0 Å². The van der Waals surface area contributed by atoms with Gasteiger partial charge in [0, 0.05) is 13.1 Å². The molecule has 2 heteroatoms. The highest BCUT2D eigenvalue weighted by Crippen LogP contribution is 2.29. The van der Waals surface area contributed by atoms with Crippen molar-refractivity contribution >= 4 is 0 Å². The van der Waals surface area contributed by atoms with Crippen LogP contribution in [0.15, 0.2) is 0 Å². The first-order chi connectivity index (χ1) is 9.19. The molecule has 0 saturated carbocycles. The van der Waals surface area contributed by atoms with Gasteiger partial charge in [-0.1, -0.05) is 34.1 Å². The van der Waals surface area contributed by atoms with Crippen molar-refractivity contribution < 1.29 is 0 Å². The van der Waals surface area contributed by atoms with Crippen LogP contribution >= 0.6 is 0 Å². The highest BCUT2D eigenvalue weighted by molar-refractivity contribution is 4.84. The monoisotopic (exact) mass is 268 g/mol. The van der Waals surface area contributed by atoms with E-state index >= 15 is 0 Å². The van der Waals surface area contributed by atoms with Crippen LogP contribution in [0, 0.1) is 11.3 Å². The van der Waals surface area contributed by atoms with Crippen LogP contribution in [0.25, 0.3) is 0 Å². The summed E-state index contributed by atoms with van der Waals surface area (Å²) in [5.74, 6) is 0.993. The summed E-state index contributed by atoms with van der Waals surface area (Å²) in [5, 5.41) is 3.66. The number of nitrogens with zero attached hydrogens (tertiary/aromatic N) is 1. The quantitative estimate of drug-likeness (QED) is 0.638. The van der Waals surface area contributed by atoms with Gasteiger partial charge < -0.3 is 10.2 Å². The summed E-state index contributed by atoms with van der Waals surface area (Å²) in [5.41, 5.74) is 0.494. The van der Waals surface area contributed by atoms with Gasteiger partial charge in [0.1, 0.15) is 0 Å². The molecule has 1 aliphatic heterocycles. The van der Waals surface area contributed by atoms with Crippen LogP contribution in [0.1, 0.15) is 66.2 Å². The first kappa shape index (κ1) is 17.0. The molecule has 0 spiro atoms. The van der Waals surface area contributed by atoms with Gasteiger partial charge in [-0.2, -0.15) is 0 Å². The second kappa shape index (κ2) is 8.97. The Labute approximate surface area is 121 Å². The van der Waals surface area contributed by atoms with Crippen LogP contribution in [-0.2, 0) is 0 Å². The fraction of sp³-hybridized carbons (Fsp3) is 1.00. The maximum Gasteiger partial charge on any atom is 0.00499 e. The Balaban J connectivity index is 2.44. The fourth-order valence-electron chi connectivity index (χ4n) is 3.34. The summed E-state index contributed by atoms with van der Waals surface area (Å²) < 4.78 is 0. The third-order valence-corrected chi connectivity index (χ3v) is 5.27. The van der Waals surface area contributed by atoms with Gasteiger partial charge in [-0.15, -0.1) is 0 Å². The topological polar surface area (TPSA) is 15.3 Å². The molecular formula is C17H36N2. The standard InChI is InChI=1S/C17H36N2/c1-5-11-18-14-17(7-3,8-4)15-19-12-9-16(6-2)10-13-19/h16,18H,5-15H2,1-4H3. The number of hydrogen-bond donors (Lipinski definition) is 1. The van der Waals surface area contributed by atoms with Crippen LogP contribution in [-0.4, -0.2) is 37.6 Å². The highest BCUT2D eigenvalue weighted by Gasteiger charge is 2.30. The summed E-state index contributed by atoms with van der Waals surface area (Å²) in [6.45, 7) is 15.7. The molecule has 1 fully saturated rings. The van der Waals surface area contributed by atoms with Crippen LogP contribution in [0.5, 0.6) is 0 Å². The Morgan fingerprint density at radius 1 is 1.05 bits per heavy atom. The summed E-state index contributed by atoms with van der Waals surface area (Å²) in [7, 11) is 0. The lowest BCUT2D eigenvalue weighted by molar-refractivity contribution is 0.0995. The van der Waals surface area contributed by atoms with Crippen molar-refractivity contribution in [3.8, 4) is 0 Å². The third-order valence-electron chi connectivity index (χ3n) is 5.27. The summed E-state index contributed by atoms with van der Waals surface area (Å²) >= 11 is 0. The van der Waals surface area contributed by atoms with E-state index in [1.165, 1.54) is 71.2 Å². The molecule has 0 aliphatic carbocycles. The Morgan fingerprint density at radius 2 is 1.68 bits per heavy atom. The molecule has 1 aliphatic rings. The van der Waals surface area contributed by atoms with E-state index in [-0.39, 0.29) is 0 Å². The zero-order valence-electron chi connectivity index (χ0n) is 13.8. The second-order valence-corrected chi connectivity index (χ2v) is 6.51. The van der Waals surface area contributed by atoms with E-state index in [0.29, 0.717) is 5.41 Å². The van der Waals surface area contributed by atoms with Crippen LogP contribution in [0.2, 0.25) is 0 Å². The highest BCUT2D eigenvalue weighted by atomic mass is 15.1. The SMILES string of the molecule is CCCNCC(CC)(CC)CN1CCC(CC)CC1. The van der Waals surface area contributed by atoms with E-state index in [4.69, 9.17) is 0 Å². The molecule has 0 aromatic rings. The van der Waals surface area contributed by atoms with Crippen molar-refractivity contribution in [3.05, 3.63) is 0 Å². The van der Waals surface area contributed by atoms with Gasteiger partial charge in [0.05, 0.1) is 0 Å². The maximum atomic E-state index is 3.66. The molecule has 1 rings (SSSR count). The van der Waals surface area contributed by atoms with Crippen LogP contribution < -0.4 is 5.32 Å². The third kappa shape index (κ3) is 5.43. The van der Waals surface area contributed by atoms with Crippen molar-refractivity contribution in [2.75, 3.05) is 32.7 Å². The molecule has 1 saturated heterocycles. The lowest BCUT2D eigenvalue weighted by atomic mass is 9.80. The van der Waals surface area contributed by atoms with Crippen molar-refractivity contribution in [3.63, 3.8) is 0 Å². The van der Waals surface area contributed by atoms with E-state index < -0.39 is 0 Å². The molecule has 0 unspecified atom stereocenters. The van der Waals surface area contributed by atoms with E-state index in [0.717, 1.165) is 5.92 Å². The minimum atomic E-state index is 0.494. The summed E-state index contributed by atoms with van der Waals surface area (Å²) in [6.07, 6.45) is 8.05. The van der Waals surface area contributed by atoms with Gasteiger partial charge in [-0.05, 0) is 63.1 Å². The normalized spacial score (nSPS) is 18.9. The Bertz CT molecular complexity index is 215. The molecule has 0 radical (unpaired) electrons. The molecule has 1 heterocycles. The molecule has 1 N–H and O–H groups in total. The molecule has 114 valence electrons. The van der Waals surface area contributed by atoms with Gasteiger partial charge in [0.15, 0.2) is 0 Å². The van der Waals surface area contributed by atoms with Gasteiger partial charge in [0.2, 0.25) is 0 Å². The molecule has 0 aromatic carbocycles. The van der Waals surface area contributed by atoms with Crippen molar-refractivity contribution in [1.29, 1.82) is 0 Å². The van der Waals surface area contributed by atoms with E-state index in [9.17, 15) is 0 Å². The minimum Gasteiger partial charge on any atom is -0.316 e. The molecule has 2 nitrogen and oxygen atoms in total. The van der Waals surface area contributed by atoms with Gasteiger partial charge >= 0.3 is 0 Å². The van der Waals surface area contributed by atoms with E-state index in [2.05, 4.69) is 37.9 Å². The number of hydrogen-bond acceptors (Lipinski definition) is 2. The zero-order valence-corrected chi connectivity index (χ0v) is 13.8. The van der Waals surface area contributed by atoms with Crippen molar-refractivity contribution in [1.82, 2.24) is 10.2 Å². The Morgan fingerprint density at radius 3 is 2.16 bits per heavy atom. The molecule has 0 aromatic heterocycles. The molecule has 19 heavy (non-hydrogen) atoms.